The molecule has 1 aliphatic rings. The molecule has 1 atom stereocenters. The maximum Gasteiger partial charge on any atom is 0.332 e. The molecule has 3 amide bonds. The Morgan fingerprint density at radius 2 is 1.87 bits per heavy atom. The van der Waals surface area contributed by atoms with E-state index in [0.717, 1.165) is 16.2 Å². The lowest BCUT2D eigenvalue weighted by molar-refractivity contribution is -0.126. The SMILES string of the molecule is C[C@@H]1C(=O)N(CC(=O)c2ccc(Cl)s2)C(=O)N1c1ccccc1. The van der Waals surface area contributed by atoms with Crippen LogP contribution in [0.25, 0.3) is 0 Å². The fourth-order valence-electron chi connectivity index (χ4n) is 2.48. The summed E-state index contributed by atoms with van der Waals surface area (Å²) in [7, 11) is 0. The first-order valence-electron chi connectivity index (χ1n) is 6.97. The van der Waals surface area contributed by atoms with Gasteiger partial charge in [-0.25, -0.2) is 4.79 Å². The summed E-state index contributed by atoms with van der Waals surface area (Å²) in [5, 5.41) is 0. The van der Waals surface area contributed by atoms with Gasteiger partial charge in [-0.1, -0.05) is 29.8 Å². The fourth-order valence-corrected chi connectivity index (χ4v) is 3.45. The van der Waals surface area contributed by atoms with Gasteiger partial charge < -0.3 is 0 Å². The van der Waals surface area contributed by atoms with E-state index in [4.69, 9.17) is 11.6 Å². The zero-order chi connectivity index (χ0) is 16.6. The summed E-state index contributed by atoms with van der Waals surface area (Å²) in [6.07, 6.45) is 0. The summed E-state index contributed by atoms with van der Waals surface area (Å²) in [4.78, 5) is 40.0. The van der Waals surface area contributed by atoms with Crippen LogP contribution in [0.1, 0.15) is 16.6 Å². The smallest absolute Gasteiger partial charge is 0.291 e. The average molecular weight is 349 g/mol. The molecular formula is C16H13ClN2O3S. The van der Waals surface area contributed by atoms with E-state index in [0.29, 0.717) is 14.9 Å². The number of nitrogens with zero attached hydrogens (tertiary/aromatic N) is 2. The minimum Gasteiger partial charge on any atom is -0.291 e. The van der Waals surface area contributed by atoms with Gasteiger partial charge in [-0.15, -0.1) is 11.3 Å². The van der Waals surface area contributed by atoms with Gasteiger partial charge in [0.25, 0.3) is 5.91 Å². The third kappa shape index (κ3) is 2.87. The van der Waals surface area contributed by atoms with Crippen LogP contribution in [0.3, 0.4) is 0 Å². The molecule has 118 valence electrons. The second-order valence-electron chi connectivity index (χ2n) is 5.12. The molecular weight excluding hydrogens is 336 g/mol. The van der Waals surface area contributed by atoms with Gasteiger partial charge >= 0.3 is 6.03 Å². The van der Waals surface area contributed by atoms with Crippen molar-refractivity contribution in [2.45, 2.75) is 13.0 Å². The number of urea groups is 1. The number of hydrogen-bond donors (Lipinski definition) is 0. The van der Waals surface area contributed by atoms with Gasteiger partial charge in [-0.05, 0) is 31.2 Å². The maximum absolute atomic E-state index is 12.6. The van der Waals surface area contributed by atoms with Crippen LogP contribution >= 0.6 is 22.9 Å². The fraction of sp³-hybridized carbons (Fsp3) is 0.188. The average Bonchev–Trinajstić information content (AvgIpc) is 3.06. The standard InChI is InChI=1S/C16H13ClN2O3S/c1-10-15(21)18(9-12(20)13-7-8-14(17)23-13)16(22)19(10)11-5-3-2-4-6-11/h2-8,10H,9H2,1H3/t10-/m1/s1. The Balaban J connectivity index is 1.82. The zero-order valence-corrected chi connectivity index (χ0v) is 13.8. The van der Waals surface area contributed by atoms with Gasteiger partial charge in [0.1, 0.15) is 6.04 Å². The molecule has 1 aromatic carbocycles. The summed E-state index contributed by atoms with van der Waals surface area (Å²) in [6, 6.07) is 11.0. The van der Waals surface area contributed by atoms with Gasteiger partial charge in [0, 0.05) is 5.69 Å². The van der Waals surface area contributed by atoms with Crippen molar-refractivity contribution >= 4 is 46.3 Å². The molecule has 2 aromatic rings. The predicted octanol–water partition coefficient (Wildman–Crippen LogP) is 3.44. The normalized spacial score (nSPS) is 17.9. The highest BCUT2D eigenvalue weighted by Crippen LogP contribution is 2.27. The Hall–Kier alpha value is -2.18. The van der Waals surface area contributed by atoms with E-state index >= 15 is 0 Å². The number of anilines is 1. The number of halogens is 1. The number of ketones is 1. The topological polar surface area (TPSA) is 57.7 Å². The van der Waals surface area contributed by atoms with Crippen LogP contribution in [0, 0.1) is 0 Å². The maximum atomic E-state index is 12.6. The van der Waals surface area contributed by atoms with Crippen molar-refractivity contribution in [1.29, 1.82) is 0 Å². The second-order valence-corrected chi connectivity index (χ2v) is 6.83. The number of carbonyl (C=O) groups excluding carboxylic acids is 3. The second kappa shape index (κ2) is 6.14. The van der Waals surface area contributed by atoms with Crippen LogP contribution in [0.15, 0.2) is 42.5 Å². The van der Waals surface area contributed by atoms with Gasteiger partial charge in [0.15, 0.2) is 5.78 Å². The van der Waals surface area contributed by atoms with Crippen LogP contribution in [0.2, 0.25) is 4.34 Å². The zero-order valence-electron chi connectivity index (χ0n) is 12.2. The van der Waals surface area contributed by atoms with Crippen molar-refractivity contribution in [2.24, 2.45) is 0 Å². The highest BCUT2D eigenvalue weighted by Gasteiger charge is 2.44. The van der Waals surface area contributed by atoms with Gasteiger partial charge in [0.2, 0.25) is 0 Å². The van der Waals surface area contributed by atoms with Crippen molar-refractivity contribution in [3.05, 3.63) is 51.7 Å². The molecule has 1 aromatic heterocycles. The minimum absolute atomic E-state index is 0.276. The number of amides is 3. The van der Waals surface area contributed by atoms with Crippen LogP contribution in [0.5, 0.6) is 0 Å². The van der Waals surface area contributed by atoms with E-state index < -0.39 is 12.1 Å². The first kappa shape index (κ1) is 15.7. The Kier molecular flexibility index (Phi) is 4.19. The molecule has 0 saturated carbocycles. The predicted molar refractivity (Wildman–Crippen MR) is 89.2 cm³/mol. The monoisotopic (exact) mass is 348 g/mol. The Morgan fingerprint density at radius 3 is 2.48 bits per heavy atom. The molecule has 2 heterocycles. The Bertz CT molecular complexity index is 775. The molecule has 7 heteroatoms. The summed E-state index contributed by atoms with van der Waals surface area (Å²) in [5.74, 6) is -0.680. The van der Waals surface area contributed by atoms with E-state index in [-0.39, 0.29) is 18.2 Å². The van der Waals surface area contributed by atoms with Crippen molar-refractivity contribution in [2.75, 3.05) is 11.4 Å². The Morgan fingerprint density at radius 1 is 1.17 bits per heavy atom. The number of carbonyl (C=O) groups is 3. The van der Waals surface area contributed by atoms with E-state index in [9.17, 15) is 14.4 Å². The van der Waals surface area contributed by atoms with Crippen molar-refractivity contribution < 1.29 is 14.4 Å². The molecule has 1 saturated heterocycles. The lowest BCUT2D eigenvalue weighted by Crippen LogP contribution is -2.36. The van der Waals surface area contributed by atoms with Crippen molar-refractivity contribution in [3.63, 3.8) is 0 Å². The first-order chi connectivity index (χ1) is 11.0. The number of benzene rings is 1. The van der Waals surface area contributed by atoms with Crippen LogP contribution in [-0.2, 0) is 4.79 Å². The van der Waals surface area contributed by atoms with E-state index in [1.807, 2.05) is 6.07 Å². The molecule has 0 radical (unpaired) electrons. The van der Waals surface area contributed by atoms with E-state index in [1.54, 1.807) is 43.3 Å². The highest BCUT2D eigenvalue weighted by atomic mass is 35.5. The number of imide groups is 1. The van der Waals surface area contributed by atoms with Gasteiger partial charge in [-0.2, -0.15) is 0 Å². The van der Waals surface area contributed by atoms with Crippen LogP contribution in [0.4, 0.5) is 10.5 Å². The summed E-state index contributed by atoms with van der Waals surface area (Å²) in [6.45, 7) is 1.38. The van der Waals surface area contributed by atoms with E-state index in [2.05, 4.69) is 0 Å². The third-order valence-electron chi connectivity index (χ3n) is 3.63. The minimum atomic E-state index is -0.635. The molecule has 0 spiro atoms. The molecule has 0 N–H and O–H groups in total. The quantitative estimate of drug-likeness (QED) is 0.628. The highest BCUT2D eigenvalue weighted by molar-refractivity contribution is 7.18. The molecule has 1 aliphatic heterocycles. The lowest BCUT2D eigenvalue weighted by Gasteiger charge is -2.19. The van der Waals surface area contributed by atoms with Crippen LogP contribution in [-0.4, -0.2) is 35.2 Å². The number of hydrogen-bond acceptors (Lipinski definition) is 4. The van der Waals surface area contributed by atoms with Gasteiger partial charge in [-0.3, -0.25) is 19.4 Å². The Labute approximate surface area is 142 Å². The lowest BCUT2D eigenvalue weighted by atomic mass is 10.2. The van der Waals surface area contributed by atoms with Crippen molar-refractivity contribution in [3.8, 4) is 0 Å². The molecule has 0 unspecified atom stereocenters. The molecule has 1 fully saturated rings. The third-order valence-corrected chi connectivity index (χ3v) is 4.90. The number of Topliss-reactive ketones (excluding diaryl/α,β-unsaturated/α-hetero) is 1. The summed E-state index contributed by atoms with van der Waals surface area (Å²) < 4.78 is 0.492. The molecule has 5 nitrogen and oxygen atoms in total. The van der Waals surface area contributed by atoms with E-state index in [1.165, 1.54) is 4.90 Å². The summed E-state index contributed by atoms with van der Waals surface area (Å²) >= 11 is 6.95. The summed E-state index contributed by atoms with van der Waals surface area (Å²) in [5.41, 5.74) is 0.632. The van der Waals surface area contributed by atoms with Gasteiger partial charge in [0.05, 0.1) is 15.8 Å². The first-order valence-corrected chi connectivity index (χ1v) is 8.16. The number of para-hydroxylation sites is 1. The molecule has 23 heavy (non-hydrogen) atoms. The number of thiophene rings is 1. The largest absolute Gasteiger partial charge is 0.332 e. The molecule has 0 aliphatic carbocycles. The van der Waals surface area contributed by atoms with Crippen molar-refractivity contribution in [1.82, 2.24) is 4.90 Å². The number of rotatable bonds is 4. The molecule has 3 rings (SSSR count). The van der Waals surface area contributed by atoms with Crippen LogP contribution < -0.4 is 4.90 Å². The molecule has 0 bridgehead atoms.